The van der Waals surface area contributed by atoms with Gasteiger partial charge in [0.25, 0.3) is 0 Å². The molecule has 0 unspecified atom stereocenters. The van der Waals surface area contributed by atoms with E-state index in [-0.39, 0.29) is 0 Å². The summed E-state index contributed by atoms with van der Waals surface area (Å²) < 4.78 is 5.07. The van der Waals surface area contributed by atoms with Gasteiger partial charge in [0.15, 0.2) is 0 Å². The molecule has 0 saturated heterocycles. The lowest BCUT2D eigenvalue weighted by Gasteiger charge is -2.03. The first-order chi connectivity index (χ1) is 7.74. The molecule has 16 heavy (non-hydrogen) atoms. The second-order valence-electron chi connectivity index (χ2n) is 3.44. The van der Waals surface area contributed by atoms with Crippen LogP contribution in [0.5, 0.6) is 5.75 Å². The molecule has 4 heteroatoms. The molecule has 0 aliphatic rings. The first-order valence-electron chi connectivity index (χ1n) is 4.84. The highest BCUT2D eigenvalue weighted by molar-refractivity contribution is 5.66. The van der Waals surface area contributed by atoms with E-state index in [1.165, 1.54) is 0 Å². The van der Waals surface area contributed by atoms with Gasteiger partial charge < -0.3 is 9.72 Å². The van der Waals surface area contributed by atoms with Crippen LogP contribution in [0.25, 0.3) is 11.4 Å². The molecule has 0 aliphatic heterocycles. The van der Waals surface area contributed by atoms with Crippen LogP contribution in [-0.4, -0.2) is 17.1 Å². The van der Waals surface area contributed by atoms with Crippen LogP contribution >= 0.6 is 0 Å². The highest BCUT2D eigenvalue weighted by Crippen LogP contribution is 2.24. The lowest BCUT2D eigenvalue weighted by Crippen LogP contribution is -1.89. The van der Waals surface area contributed by atoms with E-state index < -0.39 is 0 Å². The van der Waals surface area contributed by atoms with E-state index in [1.807, 2.05) is 19.1 Å². The van der Waals surface area contributed by atoms with Gasteiger partial charge in [-0.3, -0.25) is 0 Å². The number of H-pyrrole nitrogens is 1. The van der Waals surface area contributed by atoms with Crippen molar-refractivity contribution < 1.29 is 4.74 Å². The summed E-state index contributed by atoms with van der Waals surface area (Å²) in [6.45, 7) is 1.92. The molecule has 0 amide bonds. The summed E-state index contributed by atoms with van der Waals surface area (Å²) in [6, 6.07) is 7.48. The van der Waals surface area contributed by atoms with Crippen molar-refractivity contribution in [2.45, 2.75) is 6.92 Å². The molecule has 1 aromatic heterocycles. The third-order valence-electron chi connectivity index (χ3n) is 2.31. The Morgan fingerprint density at radius 3 is 2.81 bits per heavy atom. The molecule has 0 spiro atoms. The van der Waals surface area contributed by atoms with Crippen LogP contribution in [0.2, 0.25) is 0 Å². The van der Waals surface area contributed by atoms with Crippen molar-refractivity contribution in [3.8, 4) is 23.2 Å². The van der Waals surface area contributed by atoms with Crippen LogP contribution in [-0.2, 0) is 0 Å². The van der Waals surface area contributed by atoms with Gasteiger partial charge in [0.1, 0.15) is 17.6 Å². The summed E-state index contributed by atoms with van der Waals surface area (Å²) >= 11 is 0. The molecule has 0 aliphatic carbocycles. The Hall–Kier alpha value is -2.28. The number of hydrogen-bond donors (Lipinski definition) is 1. The normalized spacial score (nSPS) is 9.81. The lowest BCUT2D eigenvalue weighted by atomic mass is 10.1. The minimum Gasteiger partial charge on any atom is -0.497 e. The van der Waals surface area contributed by atoms with E-state index >= 15 is 0 Å². The van der Waals surface area contributed by atoms with Crippen molar-refractivity contribution in [1.29, 1.82) is 5.26 Å². The first kappa shape index (κ1) is 10.2. The fourth-order valence-electron chi connectivity index (χ4n) is 1.50. The van der Waals surface area contributed by atoms with Crippen molar-refractivity contribution >= 4 is 0 Å². The second kappa shape index (κ2) is 4.07. The molecule has 1 heterocycles. The largest absolute Gasteiger partial charge is 0.497 e. The predicted octanol–water partition coefficient (Wildman–Crippen LogP) is 2.27. The van der Waals surface area contributed by atoms with E-state index in [9.17, 15) is 0 Å². The maximum absolute atomic E-state index is 9.06. The summed E-state index contributed by atoms with van der Waals surface area (Å²) in [5.74, 6) is 1.38. The third-order valence-corrected chi connectivity index (χ3v) is 2.31. The molecule has 1 N–H and O–H groups in total. The first-order valence-corrected chi connectivity index (χ1v) is 4.84. The zero-order valence-electron chi connectivity index (χ0n) is 9.11. The van der Waals surface area contributed by atoms with Crippen molar-refractivity contribution in [2.75, 3.05) is 7.11 Å². The average Bonchev–Trinajstić information content (AvgIpc) is 2.74. The quantitative estimate of drug-likeness (QED) is 0.832. The van der Waals surface area contributed by atoms with Gasteiger partial charge in [-0.2, -0.15) is 5.26 Å². The van der Waals surface area contributed by atoms with Crippen LogP contribution in [0.4, 0.5) is 0 Å². The van der Waals surface area contributed by atoms with E-state index in [4.69, 9.17) is 10.00 Å². The number of nitrogens with zero attached hydrogens (tertiary/aromatic N) is 2. The molecule has 0 radical (unpaired) electrons. The fourth-order valence-corrected chi connectivity index (χ4v) is 1.50. The van der Waals surface area contributed by atoms with Crippen molar-refractivity contribution in [3.63, 3.8) is 0 Å². The van der Waals surface area contributed by atoms with E-state index in [0.717, 1.165) is 11.3 Å². The molecule has 2 aromatic rings. The number of aromatic nitrogens is 2. The van der Waals surface area contributed by atoms with Gasteiger partial charge in [-0.1, -0.05) is 0 Å². The molecule has 4 nitrogen and oxygen atoms in total. The SMILES string of the molecule is COc1ccc(-c2ncc(C)[nH]2)c(C#N)c1. The molecule has 0 atom stereocenters. The molecular weight excluding hydrogens is 202 g/mol. The molecule has 1 aromatic carbocycles. The Kier molecular flexibility index (Phi) is 2.61. The molecule has 2 rings (SSSR count). The predicted molar refractivity (Wildman–Crippen MR) is 60.0 cm³/mol. The standard InChI is InChI=1S/C12H11N3O/c1-8-7-14-12(15-8)11-4-3-10(16-2)5-9(11)6-13/h3-5,7H,1-2H3,(H,14,15). The molecule has 0 saturated carbocycles. The van der Waals surface area contributed by atoms with Crippen LogP contribution in [0.15, 0.2) is 24.4 Å². The Balaban J connectivity index is 2.53. The zero-order valence-corrected chi connectivity index (χ0v) is 9.11. The number of hydrogen-bond acceptors (Lipinski definition) is 3. The summed E-state index contributed by atoms with van der Waals surface area (Å²) in [4.78, 5) is 7.30. The summed E-state index contributed by atoms with van der Waals surface area (Å²) in [7, 11) is 1.58. The van der Waals surface area contributed by atoms with Gasteiger partial charge in [-0.05, 0) is 25.1 Å². The van der Waals surface area contributed by atoms with Crippen molar-refractivity contribution in [2.24, 2.45) is 0 Å². The minimum atomic E-state index is 0.550. The number of rotatable bonds is 2. The number of nitrogens with one attached hydrogen (secondary N) is 1. The number of aromatic amines is 1. The van der Waals surface area contributed by atoms with Crippen molar-refractivity contribution in [1.82, 2.24) is 9.97 Å². The number of aryl methyl sites for hydroxylation is 1. The molecule has 80 valence electrons. The number of imidazole rings is 1. The zero-order chi connectivity index (χ0) is 11.5. The maximum Gasteiger partial charge on any atom is 0.138 e. The summed E-state index contributed by atoms with van der Waals surface area (Å²) in [5, 5.41) is 9.06. The molecule has 0 fully saturated rings. The topological polar surface area (TPSA) is 61.7 Å². The van der Waals surface area contributed by atoms with Crippen LogP contribution in [0.1, 0.15) is 11.3 Å². The van der Waals surface area contributed by atoms with Gasteiger partial charge in [0.2, 0.25) is 0 Å². The maximum atomic E-state index is 9.06. The number of ether oxygens (including phenoxy) is 1. The fraction of sp³-hybridized carbons (Fsp3) is 0.167. The smallest absolute Gasteiger partial charge is 0.138 e. The van der Waals surface area contributed by atoms with Crippen LogP contribution < -0.4 is 4.74 Å². The average molecular weight is 213 g/mol. The van der Waals surface area contributed by atoms with Gasteiger partial charge >= 0.3 is 0 Å². The monoisotopic (exact) mass is 213 g/mol. The van der Waals surface area contributed by atoms with Gasteiger partial charge in [0, 0.05) is 17.5 Å². The van der Waals surface area contributed by atoms with Gasteiger partial charge in [0.05, 0.1) is 12.7 Å². The highest BCUT2D eigenvalue weighted by Gasteiger charge is 2.08. The highest BCUT2D eigenvalue weighted by atomic mass is 16.5. The van der Waals surface area contributed by atoms with E-state index in [1.54, 1.807) is 19.4 Å². The van der Waals surface area contributed by atoms with Crippen LogP contribution in [0, 0.1) is 18.3 Å². The van der Waals surface area contributed by atoms with Gasteiger partial charge in [-0.25, -0.2) is 4.98 Å². The third kappa shape index (κ3) is 1.75. The Bertz CT molecular complexity index is 552. The van der Waals surface area contributed by atoms with Crippen molar-refractivity contribution in [3.05, 3.63) is 35.7 Å². The molecular formula is C12H11N3O. The van der Waals surface area contributed by atoms with E-state index in [0.29, 0.717) is 17.1 Å². The van der Waals surface area contributed by atoms with Crippen LogP contribution in [0.3, 0.4) is 0 Å². The van der Waals surface area contributed by atoms with E-state index in [2.05, 4.69) is 16.0 Å². The number of nitriles is 1. The number of benzene rings is 1. The summed E-state index contributed by atoms with van der Waals surface area (Å²) in [6.07, 6.45) is 1.74. The Labute approximate surface area is 93.5 Å². The second-order valence-corrected chi connectivity index (χ2v) is 3.44. The molecule has 0 bridgehead atoms. The Morgan fingerprint density at radius 1 is 1.44 bits per heavy atom. The van der Waals surface area contributed by atoms with Gasteiger partial charge in [-0.15, -0.1) is 0 Å². The summed E-state index contributed by atoms with van der Waals surface area (Å²) in [5.41, 5.74) is 2.31. The minimum absolute atomic E-state index is 0.550. The Morgan fingerprint density at radius 2 is 2.25 bits per heavy atom. The lowest BCUT2D eigenvalue weighted by molar-refractivity contribution is 0.414. The number of methoxy groups -OCH3 is 1.